The molecule has 272 valence electrons. The lowest BCUT2D eigenvalue weighted by Gasteiger charge is -2.38. The second kappa shape index (κ2) is 12.9. The smallest absolute Gasteiger partial charge is 0.122 e. The van der Waals surface area contributed by atoms with Crippen molar-refractivity contribution >= 4 is 70.4 Å². The van der Waals surface area contributed by atoms with Crippen LogP contribution in [0.5, 0.6) is 0 Å². The number of hydrogen-bond donors (Lipinski definition) is 0. The van der Waals surface area contributed by atoms with Crippen LogP contribution in [0.1, 0.15) is 16.7 Å². The van der Waals surface area contributed by atoms with E-state index >= 15 is 0 Å². The van der Waals surface area contributed by atoms with Crippen molar-refractivity contribution in [2.75, 3.05) is 4.90 Å². The van der Waals surface area contributed by atoms with Gasteiger partial charge in [0, 0.05) is 36.6 Å². The summed E-state index contributed by atoms with van der Waals surface area (Å²) >= 11 is 1.86. The number of hydrogen-bond acceptors (Lipinski definition) is 2. The molecule has 0 radical (unpaired) electrons. The van der Waals surface area contributed by atoms with Gasteiger partial charge >= 0.3 is 0 Å². The summed E-state index contributed by atoms with van der Waals surface area (Å²) in [6, 6.07) is 80.6. The summed E-state index contributed by atoms with van der Waals surface area (Å²) in [5.74, 6) is 0. The predicted molar refractivity (Wildman–Crippen MR) is 246 cm³/mol. The van der Waals surface area contributed by atoms with Gasteiger partial charge in [0.2, 0.25) is 0 Å². The lowest BCUT2D eigenvalue weighted by molar-refractivity contribution is 0.564. The Labute approximate surface area is 341 Å². The predicted octanol–water partition coefficient (Wildman–Crippen LogP) is 15.1. The zero-order valence-corrected chi connectivity index (χ0v) is 32.4. The van der Waals surface area contributed by atoms with E-state index in [0.717, 1.165) is 17.1 Å². The van der Waals surface area contributed by atoms with E-state index in [0.29, 0.717) is 0 Å². The summed E-state index contributed by atoms with van der Waals surface area (Å²) in [4.78, 5) is 2.53. The van der Waals surface area contributed by atoms with Crippen LogP contribution in [0.3, 0.4) is 0 Å². The summed E-state index contributed by atoms with van der Waals surface area (Å²) in [6.07, 6.45) is 0. The summed E-state index contributed by atoms with van der Waals surface area (Å²) < 4.78 is 5.25. The molecule has 2 nitrogen and oxygen atoms in total. The highest BCUT2D eigenvalue weighted by atomic mass is 32.1. The minimum atomic E-state index is -0.671. The third-order valence-electron chi connectivity index (χ3n) is 12.2. The quantitative estimate of drug-likeness (QED) is 0.164. The fraction of sp³-hybridized carbons (Fsp3) is 0.0182. The summed E-state index contributed by atoms with van der Waals surface area (Å²) in [6.45, 7) is 0. The van der Waals surface area contributed by atoms with Crippen molar-refractivity contribution in [3.63, 3.8) is 0 Å². The highest BCUT2D eigenvalue weighted by molar-refractivity contribution is 7.26. The lowest BCUT2D eigenvalue weighted by Crippen LogP contribution is -2.36. The number of para-hydroxylation sites is 2. The maximum absolute atomic E-state index is 2.68. The van der Waals surface area contributed by atoms with Gasteiger partial charge in [0.1, 0.15) is 5.54 Å². The topological polar surface area (TPSA) is 8.17 Å². The molecule has 9 aromatic carbocycles. The Balaban J connectivity index is 1.25. The van der Waals surface area contributed by atoms with Crippen LogP contribution >= 0.6 is 11.3 Å². The summed E-state index contributed by atoms with van der Waals surface area (Å²) in [7, 11) is 0. The Morgan fingerprint density at radius 2 is 0.948 bits per heavy atom. The Morgan fingerprint density at radius 3 is 1.71 bits per heavy atom. The number of rotatable bonds is 6. The molecule has 0 unspecified atom stereocenters. The fourth-order valence-electron chi connectivity index (χ4n) is 9.89. The van der Waals surface area contributed by atoms with E-state index in [1.165, 1.54) is 80.9 Å². The average molecular weight is 757 g/mol. The fourth-order valence-corrected chi connectivity index (χ4v) is 11.0. The molecular weight excluding hydrogens is 721 g/mol. The molecule has 0 amide bonds. The number of anilines is 3. The molecule has 2 heterocycles. The number of aromatic nitrogens is 1. The highest BCUT2D eigenvalue weighted by Gasteiger charge is 2.48. The summed E-state index contributed by atoms with van der Waals surface area (Å²) in [5.41, 5.74) is 13.8. The first-order valence-corrected chi connectivity index (χ1v) is 20.8. The second-order valence-corrected chi connectivity index (χ2v) is 16.3. The second-order valence-electron chi connectivity index (χ2n) is 15.2. The van der Waals surface area contributed by atoms with Gasteiger partial charge in [-0.2, -0.15) is 0 Å². The van der Waals surface area contributed by atoms with Crippen LogP contribution in [0.25, 0.3) is 64.2 Å². The van der Waals surface area contributed by atoms with Gasteiger partial charge in [0.25, 0.3) is 0 Å². The molecule has 58 heavy (non-hydrogen) atoms. The van der Waals surface area contributed by atoms with E-state index in [1.807, 2.05) is 11.3 Å². The molecule has 11 aromatic rings. The van der Waals surface area contributed by atoms with Gasteiger partial charge in [-0.15, -0.1) is 11.3 Å². The van der Waals surface area contributed by atoms with Gasteiger partial charge in [-0.25, -0.2) is 0 Å². The summed E-state index contributed by atoms with van der Waals surface area (Å²) in [5, 5.41) is 4.99. The Hall–Kier alpha value is -7.20. The Morgan fingerprint density at radius 1 is 0.397 bits per heavy atom. The highest BCUT2D eigenvalue weighted by Crippen LogP contribution is 2.57. The Kier molecular flexibility index (Phi) is 7.35. The molecule has 0 saturated carbocycles. The lowest BCUT2D eigenvalue weighted by atomic mass is 9.80. The molecule has 2 aromatic heterocycles. The monoisotopic (exact) mass is 756 g/mol. The van der Waals surface area contributed by atoms with Crippen molar-refractivity contribution in [1.82, 2.24) is 4.57 Å². The van der Waals surface area contributed by atoms with Gasteiger partial charge in [-0.1, -0.05) is 176 Å². The van der Waals surface area contributed by atoms with E-state index in [2.05, 4.69) is 228 Å². The zero-order valence-electron chi connectivity index (χ0n) is 31.6. The molecular formula is C55H36N2S. The maximum Gasteiger partial charge on any atom is 0.122 e. The SMILES string of the molecule is c1ccc(-c2ccc(N(c3cccc4sc5ccccc5c34)c3cccc4c5ccccc5n(C5(c6ccccc6)c6ccccc6-c6ccccc65)c34)cc2)cc1. The van der Waals surface area contributed by atoms with Gasteiger partial charge in [0.15, 0.2) is 0 Å². The van der Waals surface area contributed by atoms with Crippen LogP contribution in [0.4, 0.5) is 17.1 Å². The van der Waals surface area contributed by atoms with Crippen molar-refractivity contribution in [1.29, 1.82) is 0 Å². The van der Waals surface area contributed by atoms with E-state index in [9.17, 15) is 0 Å². The normalized spacial score (nSPS) is 13.0. The van der Waals surface area contributed by atoms with Crippen molar-refractivity contribution in [2.24, 2.45) is 0 Å². The van der Waals surface area contributed by atoms with Crippen LogP contribution in [0.2, 0.25) is 0 Å². The molecule has 1 aliphatic carbocycles. The third-order valence-corrected chi connectivity index (χ3v) is 13.4. The van der Waals surface area contributed by atoms with E-state index in [-0.39, 0.29) is 0 Å². The molecule has 0 saturated heterocycles. The molecule has 0 fully saturated rings. The molecule has 0 bridgehead atoms. The maximum atomic E-state index is 2.68. The van der Waals surface area contributed by atoms with E-state index in [4.69, 9.17) is 0 Å². The standard InChI is InChI=1S/C55H36N2S/c1-3-17-37(18-4-1)38-33-35-40(36-34-38)56(49-29-16-32-52-53(49)45-24-10-14-31-51(45)58-52)50-30-15-25-44-43-23-9-13-28-48(43)57(54(44)50)55(39-19-5-2-6-20-39)46-26-11-7-21-41(46)42-22-8-12-27-47(42)55/h1-36H. The molecule has 0 N–H and O–H groups in total. The van der Waals surface area contributed by atoms with Crippen LogP contribution in [0.15, 0.2) is 218 Å². The van der Waals surface area contributed by atoms with Gasteiger partial charge in [0.05, 0.1) is 22.4 Å². The molecule has 0 aliphatic heterocycles. The average Bonchev–Trinajstić information content (AvgIpc) is 3.95. The number of fused-ring (bicyclic) bond motifs is 9. The van der Waals surface area contributed by atoms with Gasteiger partial charge in [-0.05, 0) is 81.4 Å². The first kappa shape index (κ1) is 33.0. The molecule has 1 aliphatic rings. The van der Waals surface area contributed by atoms with Gasteiger partial charge in [-0.3, -0.25) is 0 Å². The third kappa shape index (κ3) is 4.65. The van der Waals surface area contributed by atoms with Crippen molar-refractivity contribution < 1.29 is 0 Å². The van der Waals surface area contributed by atoms with Crippen molar-refractivity contribution in [3.05, 3.63) is 235 Å². The van der Waals surface area contributed by atoms with Gasteiger partial charge < -0.3 is 9.47 Å². The van der Waals surface area contributed by atoms with Crippen molar-refractivity contribution in [2.45, 2.75) is 5.54 Å². The van der Waals surface area contributed by atoms with Crippen LogP contribution in [-0.2, 0) is 5.54 Å². The van der Waals surface area contributed by atoms with Crippen LogP contribution < -0.4 is 4.90 Å². The number of nitrogens with zero attached hydrogens (tertiary/aromatic N) is 2. The first-order valence-electron chi connectivity index (χ1n) is 19.9. The molecule has 0 atom stereocenters. The van der Waals surface area contributed by atoms with Crippen LogP contribution in [-0.4, -0.2) is 4.57 Å². The largest absolute Gasteiger partial charge is 0.320 e. The zero-order chi connectivity index (χ0) is 38.2. The number of benzene rings is 9. The van der Waals surface area contributed by atoms with Crippen molar-refractivity contribution in [3.8, 4) is 22.3 Å². The Bertz CT molecular complexity index is 3290. The number of thiophene rings is 1. The minimum Gasteiger partial charge on any atom is -0.320 e. The first-order chi connectivity index (χ1) is 28.8. The minimum absolute atomic E-state index is 0.671. The molecule has 0 spiro atoms. The van der Waals surface area contributed by atoms with Crippen LogP contribution in [0, 0.1) is 0 Å². The molecule has 3 heteroatoms. The molecule has 12 rings (SSSR count). The van der Waals surface area contributed by atoms with E-state index < -0.39 is 5.54 Å². The van der Waals surface area contributed by atoms with E-state index in [1.54, 1.807) is 0 Å².